The zero-order valence-electron chi connectivity index (χ0n) is 19.6. The first kappa shape index (κ1) is 24.4. The molecule has 33 heavy (non-hydrogen) atoms. The molecule has 0 unspecified atom stereocenters. The zero-order chi connectivity index (χ0) is 23.4. The third kappa shape index (κ3) is 4.90. The Morgan fingerprint density at radius 3 is 1.85 bits per heavy atom. The van der Waals surface area contributed by atoms with E-state index in [0.717, 1.165) is 38.6 Å². The van der Waals surface area contributed by atoms with Gasteiger partial charge in [0.05, 0.1) is 56.4 Å². The molecule has 2 saturated carbocycles. The number of hydrogen-bond donors (Lipinski definition) is 1. The molecule has 0 aromatic rings. The Balaban J connectivity index is 0.000000159. The summed E-state index contributed by atoms with van der Waals surface area (Å²) < 4.78 is 27.7. The van der Waals surface area contributed by atoms with Crippen LogP contribution in [0.25, 0.3) is 0 Å². The highest BCUT2D eigenvalue weighted by atomic mass is 16.7. The molecule has 184 valence electrons. The first-order chi connectivity index (χ1) is 15.9. The van der Waals surface area contributed by atoms with Crippen molar-refractivity contribution in [2.75, 3.05) is 39.6 Å². The van der Waals surface area contributed by atoms with Gasteiger partial charge in [0.25, 0.3) is 0 Å². The maximum absolute atomic E-state index is 12.1. The second-order valence-corrected chi connectivity index (χ2v) is 9.84. The highest BCUT2D eigenvalue weighted by Gasteiger charge is 2.52. The first-order valence-electron chi connectivity index (χ1n) is 12.3. The summed E-state index contributed by atoms with van der Waals surface area (Å²) in [6, 6.07) is 2.11. The molecule has 5 aliphatic rings. The maximum Gasteiger partial charge on any atom is 0.313 e. The lowest BCUT2D eigenvalue weighted by Gasteiger charge is -2.40. The molecular weight excluding hydrogens is 428 g/mol. The molecule has 1 amide bonds. The largest absolute Gasteiger partial charge is 0.466 e. The summed E-state index contributed by atoms with van der Waals surface area (Å²) in [5.41, 5.74) is -0.758. The van der Waals surface area contributed by atoms with E-state index in [-0.39, 0.29) is 29.5 Å². The Labute approximate surface area is 195 Å². The molecule has 1 N–H and O–H groups in total. The second kappa shape index (κ2) is 9.87. The van der Waals surface area contributed by atoms with Crippen LogP contribution >= 0.6 is 0 Å². The second-order valence-electron chi connectivity index (χ2n) is 9.84. The van der Waals surface area contributed by atoms with E-state index in [1.165, 1.54) is 0 Å². The number of nitrogens with zero attached hydrogens (tertiary/aromatic N) is 1. The Bertz CT molecular complexity index is 745. The van der Waals surface area contributed by atoms with Gasteiger partial charge in [-0.15, -0.1) is 0 Å². The van der Waals surface area contributed by atoms with E-state index in [2.05, 4.69) is 11.4 Å². The molecule has 0 atom stereocenters. The third-order valence-electron chi connectivity index (χ3n) is 8.06. The summed E-state index contributed by atoms with van der Waals surface area (Å²) in [4.78, 5) is 23.8. The van der Waals surface area contributed by atoms with Crippen LogP contribution in [0.1, 0.15) is 71.1 Å². The van der Waals surface area contributed by atoms with Crippen molar-refractivity contribution in [2.24, 2.45) is 10.8 Å². The normalized spacial score (nSPS) is 28.2. The van der Waals surface area contributed by atoms with E-state index < -0.39 is 11.2 Å². The number of hydrogen-bond acceptors (Lipinski definition) is 8. The van der Waals surface area contributed by atoms with Gasteiger partial charge in [-0.2, -0.15) is 5.26 Å². The number of nitrogens with one attached hydrogen (secondary N) is 1. The van der Waals surface area contributed by atoms with Crippen LogP contribution < -0.4 is 5.32 Å². The fourth-order valence-electron chi connectivity index (χ4n) is 5.87. The number of esters is 1. The van der Waals surface area contributed by atoms with Crippen LogP contribution in [0.15, 0.2) is 0 Å². The summed E-state index contributed by atoms with van der Waals surface area (Å²) in [5, 5.41) is 11.9. The number of carbonyl (C=O) groups excluding carboxylic acids is 2. The number of ether oxygens (including phenoxy) is 5. The van der Waals surface area contributed by atoms with Crippen molar-refractivity contribution >= 4 is 11.9 Å². The molecule has 3 saturated heterocycles. The number of nitriles is 1. The van der Waals surface area contributed by atoms with Crippen LogP contribution in [-0.4, -0.2) is 63.0 Å². The molecule has 3 aliphatic heterocycles. The van der Waals surface area contributed by atoms with E-state index in [1.807, 2.05) is 0 Å². The molecular formula is C24H36N2O7. The predicted octanol–water partition coefficient (Wildman–Crippen LogP) is 2.58. The maximum atomic E-state index is 12.1. The van der Waals surface area contributed by atoms with Crippen LogP contribution in [0.5, 0.6) is 0 Å². The fourth-order valence-corrected chi connectivity index (χ4v) is 5.87. The summed E-state index contributed by atoms with van der Waals surface area (Å²) >= 11 is 0. The van der Waals surface area contributed by atoms with Crippen molar-refractivity contribution in [3.05, 3.63) is 0 Å². The Hall–Kier alpha value is -1.73. The van der Waals surface area contributed by atoms with Crippen LogP contribution in [0, 0.1) is 22.2 Å². The standard InChI is InChI=1S/C13H19NO4.C11H17NO3/c1-2-16-11(15)12(7-8-14)3-5-13(6-4-12)17-9-10-18-13;13-9-10(5-6-12-9)1-3-11(4-2-10)14-7-8-15-11/h2-7,9-10H2,1H3;1-8H2,(H,12,13). The van der Waals surface area contributed by atoms with E-state index in [9.17, 15) is 9.59 Å². The summed E-state index contributed by atoms with van der Waals surface area (Å²) in [5.74, 6) is -0.853. The van der Waals surface area contributed by atoms with Gasteiger partial charge < -0.3 is 29.0 Å². The van der Waals surface area contributed by atoms with E-state index in [1.54, 1.807) is 6.92 Å². The Morgan fingerprint density at radius 1 is 0.909 bits per heavy atom. The van der Waals surface area contributed by atoms with Gasteiger partial charge in [0, 0.05) is 32.2 Å². The highest BCUT2D eigenvalue weighted by Crippen LogP contribution is 2.48. The molecule has 0 bridgehead atoms. The lowest BCUT2D eigenvalue weighted by molar-refractivity contribution is -0.199. The number of carbonyl (C=O) groups is 2. The predicted molar refractivity (Wildman–Crippen MR) is 116 cm³/mol. The molecule has 5 fully saturated rings. The summed E-state index contributed by atoms with van der Waals surface area (Å²) in [7, 11) is 0. The average molecular weight is 465 g/mol. The topological polar surface area (TPSA) is 116 Å². The first-order valence-corrected chi connectivity index (χ1v) is 12.3. The minimum absolute atomic E-state index is 0.0967. The molecule has 5 rings (SSSR count). The van der Waals surface area contributed by atoms with Crippen molar-refractivity contribution in [1.29, 1.82) is 5.26 Å². The Morgan fingerprint density at radius 2 is 1.42 bits per heavy atom. The molecule has 3 heterocycles. The molecule has 0 aromatic heterocycles. The zero-order valence-corrected chi connectivity index (χ0v) is 19.6. The minimum atomic E-state index is -0.661. The fraction of sp³-hybridized carbons (Fsp3) is 0.875. The smallest absolute Gasteiger partial charge is 0.313 e. The number of amides is 1. The van der Waals surface area contributed by atoms with Gasteiger partial charge in [-0.05, 0) is 39.0 Å². The third-order valence-corrected chi connectivity index (χ3v) is 8.06. The highest BCUT2D eigenvalue weighted by molar-refractivity contribution is 5.84. The van der Waals surface area contributed by atoms with Gasteiger partial charge in [0.15, 0.2) is 11.6 Å². The molecule has 9 nitrogen and oxygen atoms in total. The van der Waals surface area contributed by atoms with Crippen LogP contribution in [0.4, 0.5) is 0 Å². The monoisotopic (exact) mass is 464 g/mol. The molecule has 0 aromatic carbocycles. The van der Waals surface area contributed by atoms with E-state index >= 15 is 0 Å². The quantitative estimate of drug-likeness (QED) is 0.634. The molecule has 9 heteroatoms. The minimum Gasteiger partial charge on any atom is -0.466 e. The molecule has 3 spiro atoms. The van der Waals surface area contributed by atoms with Crippen molar-refractivity contribution in [3.63, 3.8) is 0 Å². The van der Waals surface area contributed by atoms with Gasteiger partial charge >= 0.3 is 5.97 Å². The van der Waals surface area contributed by atoms with E-state index in [4.69, 9.17) is 28.9 Å². The van der Waals surface area contributed by atoms with E-state index in [0.29, 0.717) is 58.7 Å². The van der Waals surface area contributed by atoms with Gasteiger partial charge in [0.2, 0.25) is 5.91 Å². The van der Waals surface area contributed by atoms with Crippen molar-refractivity contribution in [2.45, 2.75) is 82.7 Å². The summed E-state index contributed by atoms with van der Waals surface area (Å²) in [6.45, 7) is 5.62. The van der Waals surface area contributed by atoms with Crippen LogP contribution in [0.3, 0.4) is 0 Å². The van der Waals surface area contributed by atoms with Gasteiger partial charge in [-0.1, -0.05) is 0 Å². The van der Waals surface area contributed by atoms with Crippen molar-refractivity contribution in [1.82, 2.24) is 5.32 Å². The van der Waals surface area contributed by atoms with Crippen LogP contribution in [-0.2, 0) is 33.3 Å². The van der Waals surface area contributed by atoms with Crippen molar-refractivity contribution in [3.8, 4) is 6.07 Å². The van der Waals surface area contributed by atoms with Gasteiger partial charge in [-0.3, -0.25) is 9.59 Å². The van der Waals surface area contributed by atoms with Gasteiger partial charge in [0.1, 0.15) is 0 Å². The SMILES string of the molecule is CCOC(=O)C1(CC#N)CCC2(CC1)OCCO2.O=C1NCCC12CCC1(CC2)OCCO1. The lowest BCUT2D eigenvalue weighted by Crippen LogP contribution is -2.44. The average Bonchev–Trinajstić information content (AvgIpc) is 3.56. The van der Waals surface area contributed by atoms with Crippen LogP contribution in [0.2, 0.25) is 0 Å². The summed E-state index contributed by atoms with van der Waals surface area (Å²) in [6.07, 6.45) is 7.29. The molecule has 2 aliphatic carbocycles. The van der Waals surface area contributed by atoms with Gasteiger partial charge in [-0.25, -0.2) is 0 Å². The van der Waals surface area contributed by atoms with Crippen molar-refractivity contribution < 1.29 is 33.3 Å². The Kier molecular flexibility index (Phi) is 7.29. The lowest BCUT2D eigenvalue weighted by atomic mass is 9.70. The number of rotatable bonds is 3. The molecule has 0 radical (unpaired) electrons.